The molecule has 1 unspecified atom stereocenters. The second-order valence-electron chi connectivity index (χ2n) is 7.25. The molecule has 2 aromatic carbocycles. The number of β-amino-alcohol motifs (C(OH)–C–C–N with tert-alkyl or cyclic N) is 1. The monoisotopic (exact) mass is 387 g/mol. The van der Waals surface area contributed by atoms with E-state index in [9.17, 15) is 18.7 Å². The Balaban J connectivity index is 1.64. The van der Waals surface area contributed by atoms with Gasteiger partial charge in [-0.15, -0.1) is 0 Å². The molecule has 28 heavy (non-hydrogen) atoms. The summed E-state index contributed by atoms with van der Waals surface area (Å²) < 4.78 is 29.4. The molecule has 1 aliphatic rings. The van der Waals surface area contributed by atoms with Crippen molar-refractivity contribution < 1.29 is 18.7 Å². The van der Waals surface area contributed by atoms with Crippen LogP contribution in [0.2, 0.25) is 0 Å². The number of carbonyl (C=O) groups excluding carboxylic acids is 1. The van der Waals surface area contributed by atoms with E-state index in [2.05, 4.69) is 0 Å². The van der Waals surface area contributed by atoms with Crippen LogP contribution in [0.15, 0.2) is 36.4 Å². The molecule has 1 saturated heterocycles. The van der Waals surface area contributed by atoms with Crippen LogP contribution in [-0.4, -0.2) is 57.8 Å². The second kappa shape index (κ2) is 7.39. The van der Waals surface area contributed by atoms with Crippen molar-refractivity contribution in [2.24, 2.45) is 0 Å². The molecule has 1 fully saturated rings. The highest BCUT2D eigenvalue weighted by molar-refractivity contribution is 6.08. The first-order chi connectivity index (χ1) is 13.5. The van der Waals surface area contributed by atoms with Gasteiger partial charge in [0, 0.05) is 41.4 Å². The number of halogens is 2. The summed E-state index contributed by atoms with van der Waals surface area (Å²) in [6.45, 7) is 4.40. The van der Waals surface area contributed by atoms with Gasteiger partial charge < -0.3 is 19.5 Å². The van der Waals surface area contributed by atoms with Gasteiger partial charge in [0.25, 0.3) is 0 Å². The molecule has 0 saturated carbocycles. The van der Waals surface area contributed by atoms with Crippen molar-refractivity contribution in [3.63, 3.8) is 0 Å². The molecule has 2 heterocycles. The third-order valence-corrected chi connectivity index (χ3v) is 5.39. The molecule has 3 aromatic rings. The minimum atomic E-state index is -0.797. The van der Waals surface area contributed by atoms with Crippen LogP contribution in [0.3, 0.4) is 0 Å². The molecule has 0 spiro atoms. The normalized spacial score (nSPS) is 16.4. The zero-order chi connectivity index (χ0) is 19.8. The number of fused-ring (bicyclic) bond motifs is 3. The van der Waals surface area contributed by atoms with Crippen molar-refractivity contribution in [2.45, 2.75) is 26.0 Å². The van der Waals surface area contributed by atoms with Crippen LogP contribution >= 0.6 is 0 Å². The van der Waals surface area contributed by atoms with E-state index in [4.69, 9.17) is 0 Å². The molecular weight excluding hydrogens is 364 g/mol. The van der Waals surface area contributed by atoms with Gasteiger partial charge in [-0.1, -0.05) is 0 Å². The van der Waals surface area contributed by atoms with Crippen molar-refractivity contribution in [3.8, 4) is 0 Å². The Morgan fingerprint density at radius 1 is 0.964 bits per heavy atom. The number of hydrogen-bond acceptors (Lipinski definition) is 2. The fourth-order valence-electron chi connectivity index (χ4n) is 4.07. The molecule has 1 atom stereocenters. The Labute approximate surface area is 161 Å². The summed E-state index contributed by atoms with van der Waals surface area (Å²) in [4.78, 5) is 15.9. The molecule has 2 amide bonds. The van der Waals surface area contributed by atoms with Crippen molar-refractivity contribution in [1.29, 1.82) is 0 Å². The quantitative estimate of drug-likeness (QED) is 0.728. The number of rotatable bonds is 5. The fourth-order valence-corrected chi connectivity index (χ4v) is 4.07. The predicted octanol–water partition coefficient (Wildman–Crippen LogP) is 3.58. The number of aliphatic hydroxyl groups excluding tert-OH is 1. The van der Waals surface area contributed by atoms with Crippen LogP contribution in [0.25, 0.3) is 21.8 Å². The molecule has 1 aromatic heterocycles. The zero-order valence-corrected chi connectivity index (χ0v) is 15.7. The molecule has 0 bridgehead atoms. The predicted molar refractivity (Wildman–Crippen MR) is 104 cm³/mol. The SMILES string of the molecule is CCN1CCCN(CC(O)Cn2c3ccc(F)cc3c3cc(F)ccc32)C1=O. The van der Waals surface area contributed by atoms with Crippen LogP contribution in [0.4, 0.5) is 13.6 Å². The fraction of sp³-hybridized carbons (Fsp3) is 0.381. The lowest BCUT2D eigenvalue weighted by Gasteiger charge is -2.36. The number of carbonyl (C=O) groups is 1. The van der Waals surface area contributed by atoms with Crippen LogP contribution in [-0.2, 0) is 6.54 Å². The van der Waals surface area contributed by atoms with Crippen molar-refractivity contribution in [2.75, 3.05) is 26.2 Å². The standard InChI is InChI=1S/C21H23F2N3O2/c1-2-24-8-3-9-25(21(24)28)12-16(27)13-26-19-6-4-14(22)10-17(19)18-11-15(23)5-7-20(18)26/h4-7,10-11,16,27H,2-3,8-9,12-13H2,1H3. The Hall–Kier alpha value is -2.67. The largest absolute Gasteiger partial charge is 0.389 e. The Bertz CT molecular complexity index is 974. The van der Waals surface area contributed by atoms with E-state index in [0.29, 0.717) is 23.9 Å². The van der Waals surface area contributed by atoms with Gasteiger partial charge in [-0.2, -0.15) is 0 Å². The van der Waals surface area contributed by atoms with Crippen molar-refractivity contribution in [1.82, 2.24) is 14.4 Å². The first kappa shape index (κ1) is 18.7. The summed E-state index contributed by atoms with van der Waals surface area (Å²) in [5, 5.41) is 11.9. The summed E-state index contributed by atoms with van der Waals surface area (Å²) in [5.74, 6) is -0.787. The Morgan fingerprint density at radius 2 is 1.54 bits per heavy atom. The molecule has 1 N–H and O–H groups in total. The number of urea groups is 1. The van der Waals surface area contributed by atoms with E-state index in [0.717, 1.165) is 24.0 Å². The second-order valence-corrected chi connectivity index (χ2v) is 7.25. The average Bonchev–Trinajstić information content (AvgIpc) is 2.96. The highest BCUT2D eigenvalue weighted by Gasteiger charge is 2.26. The number of hydrogen-bond donors (Lipinski definition) is 1. The number of aromatic nitrogens is 1. The van der Waals surface area contributed by atoms with Gasteiger partial charge in [0.2, 0.25) is 0 Å². The van der Waals surface area contributed by atoms with Gasteiger partial charge in [0.1, 0.15) is 11.6 Å². The van der Waals surface area contributed by atoms with Gasteiger partial charge >= 0.3 is 6.03 Å². The highest BCUT2D eigenvalue weighted by Crippen LogP contribution is 2.30. The molecule has 5 nitrogen and oxygen atoms in total. The summed E-state index contributed by atoms with van der Waals surface area (Å²) in [6, 6.07) is 8.70. The van der Waals surface area contributed by atoms with Crippen LogP contribution in [0, 0.1) is 11.6 Å². The Morgan fingerprint density at radius 3 is 2.11 bits per heavy atom. The maximum Gasteiger partial charge on any atom is 0.320 e. The van der Waals surface area contributed by atoms with E-state index in [1.54, 1.807) is 21.9 Å². The zero-order valence-electron chi connectivity index (χ0n) is 15.7. The topological polar surface area (TPSA) is 48.7 Å². The van der Waals surface area contributed by atoms with E-state index in [1.807, 2.05) is 11.5 Å². The number of nitrogens with zero attached hydrogens (tertiary/aromatic N) is 3. The van der Waals surface area contributed by atoms with Crippen LogP contribution in [0.5, 0.6) is 0 Å². The molecule has 1 aliphatic heterocycles. The van der Waals surface area contributed by atoms with E-state index >= 15 is 0 Å². The van der Waals surface area contributed by atoms with Crippen LogP contribution in [0.1, 0.15) is 13.3 Å². The number of benzene rings is 2. The molecular formula is C21H23F2N3O2. The lowest BCUT2D eigenvalue weighted by molar-refractivity contribution is 0.0807. The minimum absolute atomic E-state index is 0.0563. The maximum atomic E-state index is 13.8. The third-order valence-electron chi connectivity index (χ3n) is 5.39. The van der Waals surface area contributed by atoms with Gasteiger partial charge in [-0.25, -0.2) is 13.6 Å². The lowest BCUT2D eigenvalue weighted by atomic mass is 10.1. The van der Waals surface area contributed by atoms with E-state index in [-0.39, 0.29) is 19.1 Å². The van der Waals surface area contributed by atoms with Gasteiger partial charge in [-0.05, 0) is 49.7 Å². The third kappa shape index (κ3) is 3.30. The summed E-state index contributed by atoms with van der Waals surface area (Å²) in [6.07, 6.45) is 0.0786. The van der Waals surface area contributed by atoms with Gasteiger partial charge in [0.15, 0.2) is 0 Å². The number of aliphatic hydroxyl groups is 1. The maximum absolute atomic E-state index is 13.8. The van der Waals surface area contributed by atoms with Crippen molar-refractivity contribution in [3.05, 3.63) is 48.0 Å². The van der Waals surface area contributed by atoms with Crippen molar-refractivity contribution >= 4 is 27.8 Å². The molecule has 7 heteroatoms. The smallest absolute Gasteiger partial charge is 0.320 e. The molecule has 4 rings (SSSR count). The summed E-state index contributed by atoms with van der Waals surface area (Å²) >= 11 is 0. The molecule has 148 valence electrons. The first-order valence-electron chi connectivity index (χ1n) is 9.57. The first-order valence-corrected chi connectivity index (χ1v) is 9.57. The minimum Gasteiger partial charge on any atom is -0.389 e. The average molecular weight is 387 g/mol. The van der Waals surface area contributed by atoms with Gasteiger partial charge in [-0.3, -0.25) is 0 Å². The molecule has 0 aliphatic carbocycles. The summed E-state index contributed by atoms with van der Waals surface area (Å²) in [7, 11) is 0. The summed E-state index contributed by atoms with van der Waals surface area (Å²) in [5.41, 5.74) is 1.45. The highest BCUT2D eigenvalue weighted by atomic mass is 19.1. The molecule has 0 radical (unpaired) electrons. The Kier molecular flexibility index (Phi) is 4.93. The van der Waals surface area contributed by atoms with Gasteiger partial charge in [0.05, 0.1) is 19.2 Å². The van der Waals surface area contributed by atoms with Crippen LogP contribution < -0.4 is 0 Å². The number of amides is 2. The lowest BCUT2D eigenvalue weighted by Crippen LogP contribution is -2.51. The van der Waals surface area contributed by atoms with E-state index < -0.39 is 17.7 Å². The van der Waals surface area contributed by atoms with E-state index in [1.165, 1.54) is 24.3 Å².